The summed E-state index contributed by atoms with van der Waals surface area (Å²) in [6.45, 7) is 4.57. The van der Waals surface area contributed by atoms with Crippen molar-refractivity contribution in [1.29, 1.82) is 0 Å². The van der Waals surface area contributed by atoms with Crippen molar-refractivity contribution in [2.75, 3.05) is 32.0 Å². The highest BCUT2D eigenvalue weighted by Gasteiger charge is 2.23. The van der Waals surface area contributed by atoms with Crippen molar-refractivity contribution in [2.45, 2.75) is 17.1 Å². The standard InChI is InChI=1S/C13H18N2O2S/c1-10(13(16)15-6-8-17-9-7-15)18-12-5-3-2-4-11(12)14/h2-5,10H,6-9,14H2,1H3. The second-order valence-corrected chi connectivity index (χ2v) is 5.62. The zero-order valence-electron chi connectivity index (χ0n) is 10.5. The summed E-state index contributed by atoms with van der Waals surface area (Å²) in [5, 5.41) is -0.118. The molecule has 4 nitrogen and oxygen atoms in total. The monoisotopic (exact) mass is 266 g/mol. The molecule has 1 aromatic rings. The van der Waals surface area contributed by atoms with Crippen LogP contribution in [0.1, 0.15) is 6.92 Å². The second-order valence-electron chi connectivity index (χ2n) is 4.24. The summed E-state index contributed by atoms with van der Waals surface area (Å²) in [5.74, 6) is 0.159. The number of nitrogens with zero attached hydrogens (tertiary/aromatic N) is 1. The minimum absolute atomic E-state index is 0.118. The first kappa shape index (κ1) is 13.2. The molecule has 0 aromatic heterocycles. The number of morpholine rings is 1. The van der Waals surface area contributed by atoms with Gasteiger partial charge >= 0.3 is 0 Å². The Hall–Kier alpha value is -1.20. The molecule has 98 valence electrons. The third-order valence-corrected chi connectivity index (χ3v) is 4.07. The molecule has 1 aromatic carbocycles. The highest BCUT2D eigenvalue weighted by Crippen LogP contribution is 2.29. The topological polar surface area (TPSA) is 55.6 Å². The van der Waals surface area contributed by atoms with Gasteiger partial charge < -0.3 is 15.4 Å². The minimum Gasteiger partial charge on any atom is -0.398 e. The lowest BCUT2D eigenvalue weighted by Crippen LogP contribution is -2.44. The van der Waals surface area contributed by atoms with Gasteiger partial charge in [0.25, 0.3) is 0 Å². The predicted octanol–water partition coefficient (Wildman–Crippen LogP) is 1.61. The van der Waals surface area contributed by atoms with E-state index in [1.165, 1.54) is 11.8 Å². The number of carbonyl (C=O) groups excluding carboxylic acids is 1. The predicted molar refractivity (Wildman–Crippen MR) is 73.6 cm³/mol. The van der Waals surface area contributed by atoms with Crippen molar-refractivity contribution in [3.8, 4) is 0 Å². The highest BCUT2D eigenvalue weighted by atomic mass is 32.2. The maximum absolute atomic E-state index is 12.2. The van der Waals surface area contributed by atoms with Crippen LogP contribution in [0.5, 0.6) is 0 Å². The molecule has 0 spiro atoms. The van der Waals surface area contributed by atoms with Gasteiger partial charge in [0.2, 0.25) is 5.91 Å². The molecule has 2 N–H and O–H groups in total. The molecule has 1 unspecified atom stereocenters. The fourth-order valence-corrected chi connectivity index (χ4v) is 2.86. The van der Waals surface area contributed by atoms with Gasteiger partial charge in [-0.15, -0.1) is 11.8 Å². The molecule has 1 aliphatic rings. The number of carbonyl (C=O) groups is 1. The van der Waals surface area contributed by atoms with E-state index >= 15 is 0 Å². The summed E-state index contributed by atoms with van der Waals surface area (Å²) in [6.07, 6.45) is 0. The van der Waals surface area contributed by atoms with E-state index in [1.807, 2.05) is 36.1 Å². The normalized spacial score (nSPS) is 17.5. The fraction of sp³-hybridized carbons (Fsp3) is 0.462. The minimum atomic E-state index is -0.118. The largest absolute Gasteiger partial charge is 0.398 e. The Morgan fingerprint density at radius 2 is 2.06 bits per heavy atom. The lowest BCUT2D eigenvalue weighted by molar-refractivity contribution is -0.134. The van der Waals surface area contributed by atoms with E-state index in [2.05, 4.69) is 0 Å². The number of hydrogen-bond donors (Lipinski definition) is 1. The van der Waals surface area contributed by atoms with Gasteiger partial charge in [-0.05, 0) is 19.1 Å². The number of nitrogen functional groups attached to an aromatic ring is 1. The molecule has 1 amide bonds. The Balaban J connectivity index is 1.96. The number of thioether (sulfide) groups is 1. The maximum atomic E-state index is 12.2. The van der Waals surface area contributed by atoms with Gasteiger partial charge in [-0.3, -0.25) is 4.79 Å². The van der Waals surface area contributed by atoms with Crippen molar-refractivity contribution in [2.24, 2.45) is 0 Å². The first-order valence-electron chi connectivity index (χ1n) is 6.06. The van der Waals surface area contributed by atoms with Crippen molar-refractivity contribution in [1.82, 2.24) is 4.90 Å². The van der Waals surface area contributed by atoms with Crippen LogP contribution in [-0.2, 0) is 9.53 Å². The molecule has 1 heterocycles. The highest BCUT2D eigenvalue weighted by molar-refractivity contribution is 8.00. The van der Waals surface area contributed by atoms with Crippen LogP contribution in [0.4, 0.5) is 5.69 Å². The number of rotatable bonds is 3. The third kappa shape index (κ3) is 3.17. The van der Waals surface area contributed by atoms with Gasteiger partial charge in [0.15, 0.2) is 0 Å². The van der Waals surface area contributed by atoms with Gasteiger partial charge in [-0.2, -0.15) is 0 Å². The number of hydrogen-bond acceptors (Lipinski definition) is 4. The SMILES string of the molecule is CC(Sc1ccccc1N)C(=O)N1CCOCC1. The Labute approximate surface area is 111 Å². The molecule has 0 bridgehead atoms. The lowest BCUT2D eigenvalue weighted by Gasteiger charge is -2.29. The van der Waals surface area contributed by atoms with Crippen LogP contribution in [0, 0.1) is 0 Å². The summed E-state index contributed by atoms with van der Waals surface area (Å²) in [7, 11) is 0. The van der Waals surface area contributed by atoms with E-state index in [4.69, 9.17) is 10.5 Å². The number of ether oxygens (including phenoxy) is 1. The van der Waals surface area contributed by atoms with Crippen LogP contribution >= 0.6 is 11.8 Å². The third-order valence-electron chi connectivity index (χ3n) is 2.89. The lowest BCUT2D eigenvalue weighted by atomic mass is 10.3. The summed E-state index contributed by atoms with van der Waals surface area (Å²) >= 11 is 1.51. The summed E-state index contributed by atoms with van der Waals surface area (Å²) in [4.78, 5) is 15.0. The van der Waals surface area contributed by atoms with Crippen LogP contribution in [-0.4, -0.2) is 42.4 Å². The van der Waals surface area contributed by atoms with Gasteiger partial charge in [-0.25, -0.2) is 0 Å². The smallest absolute Gasteiger partial charge is 0.235 e. The summed E-state index contributed by atoms with van der Waals surface area (Å²) in [6, 6.07) is 7.63. The van der Waals surface area contributed by atoms with Crippen LogP contribution in [0.15, 0.2) is 29.2 Å². The average molecular weight is 266 g/mol. The van der Waals surface area contributed by atoms with E-state index in [0.717, 1.165) is 10.6 Å². The number of nitrogens with two attached hydrogens (primary N) is 1. The molecule has 0 aliphatic carbocycles. The van der Waals surface area contributed by atoms with Gasteiger partial charge in [0.1, 0.15) is 0 Å². The maximum Gasteiger partial charge on any atom is 0.235 e. The first-order valence-corrected chi connectivity index (χ1v) is 6.94. The molecular formula is C13H18N2O2S. The second kappa shape index (κ2) is 6.11. The van der Waals surface area contributed by atoms with Crippen molar-refractivity contribution >= 4 is 23.4 Å². The Bertz CT molecular complexity index is 419. The van der Waals surface area contributed by atoms with E-state index in [9.17, 15) is 4.79 Å². The first-order chi connectivity index (χ1) is 8.68. The van der Waals surface area contributed by atoms with Crippen LogP contribution in [0.25, 0.3) is 0 Å². The Morgan fingerprint density at radius 1 is 1.39 bits per heavy atom. The zero-order chi connectivity index (χ0) is 13.0. The van der Waals surface area contributed by atoms with Crippen molar-refractivity contribution in [3.63, 3.8) is 0 Å². The molecule has 1 saturated heterocycles. The Kier molecular flexibility index (Phi) is 4.49. The number of amides is 1. The van der Waals surface area contributed by atoms with Gasteiger partial charge in [0, 0.05) is 23.7 Å². The van der Waals surface area contributed by atoms with Crippen molar-refractivity contribution in [3.05, 3.63) is 24.3 Å². The molecule has 1 fully saturated rings. The quantitative estimate of drug-likeness (QED) is 0.667. The molecule has 1 aliphatic heterocycles. The number of benzene rings is 1. The molecular weight excluding hydrogens is 248 g/mol. The van der Waals surface area contributed by atoms with Gasteiger partial charge in [-0.1, -0.05) is 12.1 Å². The molecule has 1 atom stereocenters. The number of para-hydroxylation sites is 1. The van der Waals surface area contributed by atoms with Crippen LogP contribution < -0.4 is 5.73 Å². The summed E-state index contributed by atoms with van der Waals surface area (Å²) < 4.78 is 5.25. The molecule has 0 radical (unpaired) electrons. The zero-order valence-corrected chi connectivity index (χ0v) is 11.3. The Morgan fingerprint density at radius 3 is 2.72 bits per heavy atom. The molecule has 2 rings (SSSR count). The average Bonchev–Trinajstić information content (AvgIpc) is 2.41. The summed E-state index contributed by atoms with van der Waals surface area (Å²) in [5.41, 5.74) is 6.61. The van der Waals surface area contributed by atoms with Crippen LogP contribution in [0.3, 0.4) is 0 Å². The molecule has 18 heavy (non-hydrogen) atoms. The van der Waals surface area contributed by atoms with E-state index in [0.29, 0.717) is 26.3 Å². The van der Waals surface area contributed by atoms with Gasteiger partial charge in [0.05, 0.1) is 18.5 Å². The van der Waals surface area contributed by atoms with E-state index in [1.54, 1.807) is 0 Å². The van der Waals surface area contributed by atoms with E-state index < -0.39 is 0 Å². The molecule has 5 heteroatoms. The molecule has 0 saturated carbocycles. The number of anilines is 1. The fourth-order valence-electron chi connectivity index (χ4n) is 1.87. The van der Waals surface area contributed by atoms with Crippen LogP contribution in [0.2, 0.25) is 0 Å². The van der Waals surface area contributed by atoms with E-state index in [-0.39, 0.29) is 11.2 Å². The van der Waals surface area contributed by atoms with Crippen molar-refractivity contribution < 1.29 is 9.53 Å².